The van der Waals surface area contributed by atoms with Gasteiger partial charge in [-0.3, -0.25) is 15.0 Å². The summed E-state index contributed by atoms with van der Waals surface area (Å²) in [6.45, 7) is 2.26. The summed E-state index contributed by atoms with van der Waals surface area (Å²) >= 11 is 1.67. The highest BCUT2D eigenvalue weighted by Crippen LogP contribution is 2.22. The summed E-state index contributed by atoms with van der Waals surface area (Å²) in [5.41, 5.74) is 0. The number of nitrogens with one attached hydrogen (secondary N) is 2. The Balaban J connectivity index is 1.74. The SMILES string of the molecule is CC(c1cccs1)N(C)CC(=O)NC(=O)NC1CCCC1. The van der Waals surface area contributed by atoms with Crippen molar-refractivity contribution in [2.75, 3.05) is 13.6 Å². The zero-order valence-electron chi connectivity index (χ0n) is 12.6. The van der Waals surface area contributed by atoms with Gasteiger partial charge in [0.1, 0.15) is 0 Å². The summed E-state index contributed by atoms with van der Waals surface area (Å²) in [4.78, 5) is 26.8. The number of hydrogen-bond acceptors (Lipinski definition) is 4. The average Bonchev–Trinajstić information content (AvgIpc) is 3.09. The Morgan fingerprint density at radius 1 is 1.43 bits per heavy atom. The molecule has 3 amide bonds. The molecule has 0 spiro atoms. The molecule has 1 saturated carbocycles. The van der Waals surface area contributed by atoms with Crippen LogP contribution >= 0.6 is 11.3 Å². The molecule has 2 rings (SSSR count). The van der Waals surface area contributed by atoms with Gasteiger partial charge in [-0.15, -0.1) is 11.3 Å². The van der Waals surface area contributed by atoms with Gasteiger partial charge in [-0.25, -0.2) is 4.79 Å². The fraction of sp³-hybridized carbons (Fsp3) is 0.600. The van der Waals surface area contributed by atoms with Crippen LogP contribution in [-0.4, -0.2) is 36.5 Å². The number of carbonyl (C=O) groups is 2. The van der Waals surface area contributed by atoms with Gasteiger partial charge in [-0.2, -0.15) is 0 Å². The van der Waals surface area contributed by atoms with E-state index in [1.807, 2.05) is 23.4 Å². The fourth-order valence-electron chi connectivity index (χ4n) is 2.57. The van der Waals surface area contributed by atoms with Crippen molar-refractivity contribution in [2.24, 2.45) is 0 Å². The highest BCUT2D eigenvalue weighted by Gasteiger charge is 2.20. The highest BCUT2D eigenvalue weighted by molar-refractivity contribution is 7.10. The summed E-state index contributed by atoms with van der Waals surface area (Å²) < 4.78 is 0. The minimum atomic E-state index is -0.371. The third kappa shape index (κ3) is 4.82. The smallest absolute Gasteiger partial charge is 0.321 e. The Labute approximate surface area is 129 Å². The standard InChI is InChI=1S/C15H23N3O2S/c1-11(13-8-5-9-21-13)18(2)10-14(19)17-15(20)16-12-6-3-4-7-12/h5,8-9,11-12H,3-4,6-7,10H2,1-2H3,(H2,16,17,19,20). The number of hydrogen-bond donors (Lipinski definition) is 2. The molecule has 5 nitrogen and oxygen atoms in total. The van der Waals surface area contributed by atoms with E-state index in [1.54, 1.807) is 11.3 Å². The van der Waals surface area contributed by atoms with Crippen molar-refractivity contribution < 1.29 is 9.59 Å². The normalized spacial score (nSPS) is 16.9. The van der Waals surface area contributed by atoms with Crippen molar-refractivity contribution in [2.45, 2.75) is 44.7 Å². The predicted molar refractivity (Wildman–Crippen MR) is 84.3 cm³/mol. The molecule has 1 unspecified atom stereocenters. The van der Waals surface area contributed by atoms with Crippen LogP contribution in [0.5, 0.6) is 0 Å². The minimum Gasteiger partial charge on any atom is -0.335 e. The van der Waals surface area contributed by atoms with E-state index in [1.165, 1.54) is 4.88 Å². The molecule has 21 heavy (non-hydrogen) atoms. The molecule has 116 valence electrons. The second kappa shape index (κ2) is 7.56. The number of nitrogens with zero attached hydrogens (tertiary/aromatic N) is 1. The quantitative estimate of drug-likeness (QED) is 0.878. The topological polar surface area (TPSA) is 61.4 Å². The Morgan fingerprint density at radius 2 is 2.14 bits per heavy atom. The van der Waals surface area contributed by atoms with Crippen LogP contribution in [-0.2, 0) is 4.79 Å². The molecule has 1 heterocycles. The van der Waals surface area contributed by atoms with Crippen LogP contribution in [0.25, 0.3) is 0 Å². The van der Waals surface area contributed by atoms with E-state index < -0.39 is 0 Å². The molecule has 0 aliphatic heterocycles. The lowest BCUT2D eigenvalue weighted by Crippen LogP contribution is -2.46. The molecule has 0 bridgehead atoms. The maximum Gasteiger partial charge on any atom is 0.321 e. The minimum absolute atomic E-state index is 0.161. The first-order valence-electron chi connectivity index (χ1n) is 7.40. The molecular weight excluding hydrogens is 286 g/mol. The molecular formula is C15H23N3O2S. The summed E-state index contributed by atoms with van der Waals surface area (Å²) in [5.74, 6) is -0.267. The summed E-state index contributed by atoms with van der Waals surface area (Å²) in [5, 5.41) is 7.29. The number of amides is 3. The molecule has 6 heteroatoms. The van der Waals surface area contributed by atoms with Crippen LogP contribution in [0.2, 0.25) is 0 Å². The van der Waals surface area contributed by atoms with E-state index in [2.05, 4.69) is 23.6 Å². The molecule has 1 aromatic heterocycles. The lowest BCUT2D eigenvalue weighted by atomic mass is 10.2. The molecule has 0 aromatic carbocycles. The largest absolute Gasteiger partial charge is 0.335 e. The van der Waals surface area contributed by atoms with Crippen molar-refractivity contribution in [3.63, 3.8) is 0 Å². The Morgan fingerprint density at radius 3 is 2.76 bits per heavy atom. The number of thiophene rings is 1. The first-order chi connectivity index (χ1) is 10.1. The van der Waals surface area contributed by atoms with Crippen molar-refractivity contribution >= 4 is 23.3 Å². The molecule has 1 aliphatic carbocycles. The third-order valence-corrected chi connectivity index (χ3v) is 5.00. The highest BCUT2D eigenvalue weighted by atomic mass is 32.1. The number of imide groups is 1. The Bertz CT molecular complexity index is 469. The number of carbonyl (C=O) groups excluding carboxylic acids is 2. The van der Waals surface area contributed by atoms with E-state index >= 15 is 0 Å². The monoisotopic (exact) mass is 309 g/mol. The van der Waals surface area contributed by atoms with E-state index in [0.717, 1.165) is 25.7 Å². The summed E-state index contributed by atoms with van der Waals surface area (Å²) in [6, 6.07) is 4.06. The average molecular weight is 309 g/mol. The molecule has 1 fully saturated rings. The lowest BCUT2D eigenvalue weighted by molar-refractivity contribution is -0.121. The molecule has 0 radical (unpaired) electrons. The number of rotatable bonds is 5. The summed E-state index contributed by atoms with van der Waals surface area (Å²) in [7, 11) is 1.89. The van der Waals surface area contributed by atoms with Crippen molar-refractivity contribution in [1.82, 2.24) is 15.5 Å². The van der Waals surface area contributed by atoms with Crippen LogP contribution in [0.4, 0.5) is 4.79 Å². The van der Waals surface area contributed by atoms with Gasteiger partial charge in [-0.1, -0.05) is 18.9 Å². The van der Waals surface area contributed by atoms with Gasteiger partial charge in [0.2, 0.25) is 5.91 Å². The number of likely N-dealkylation sites (N-methyl/N-ethyl adjacent to an activating group) is 1. The van der Waals surface area contributed by atoms with Crippen LogP contribution in [0.15, 0.2) is 17.5 Å². The maximum absolute atomic E-state index is 11.9. The first-order valence-corrected chi connectivity index (χ1v) is 8.28. The second-order valence-electron chi connectivity index (χ2n) is 5.61. The molecule has 1 aliphatic rings. The molecule has 2 N–H and O–H groups in total. The van der Waals surface area contributed by atoms with Gasteiger partial charge in [0.05, 0.1) is 6.54 Å². The fourth-order valence-corrected chi connectivity index (χ4v) is 3.42. The van der Waals surface area contributed by atoms with Gasteiger partial charge in [0.25, 0.3) is 0 Å². The zero-order chi connectivity index (χ0) is 15.2. The van der Waals surface area contributed by atoms with Gasteiger partial charge >= 0.3 is 6.03 Å². The first kappa shape index (κ1) is 16.0. The summed E-state index contributed by atoms with van der Waals surface area (Å²) in [6.07, 6.45) is 4.33. The Hall–Kier alpha value is -1.40. The van der Waals surface area contributed by atoms with Crippen LogP contribution < -0.4 is 10.6 Å². The van der Waals surface area contributed by atoms with Crippen molar-refractivity contribution in [1.29, 1.82) is 0 Å². The van der Waals surface area contributed by atoms with Gasteiger partial charge in [-0.05, 0) is 38.3 Å². The molecule has 1 atom stereocenters. The van der Waals surface area contributed by atoms with Gasteiger partial charge in [0, 0.05) is 17.0 Å². The third-order valence-electron chi connectivity index (χ3n) is 3.95. The molecule has 1 aromatic rings. The Kier molecular flexibility index (Phi) is 5.76. The molecule has 0 saturated heterocycles. The zero-order valence-corrected chi connectivity index (χ0v) is 13.4. The number of urea groups is 1. The van der Waals surface area contributed by atoms with Gasteiger partial charge < -0.3 is 5.32 Å². The second-order valence-corrected chi connectivity index (χ2v) is 6.59. The maximum atomic E-state index is 11.9. The van der Waals surface area contributed by atoms with Crippen molar-refractivity contribution in [3.05, 3.63) is 22.4 Å². The predicted octanol–water partition coefficient (Wildman–Crippen LogP) is 2.51. The van der Waals surface area contributed by atoms with E-state index in [0.29, 0.717) is 0 Å². The lowest BCUT2D eigenvalue weighted by Gasteiger charge is -2.23. The van der Waals surface area contributed by atoms with Crippen LogP contribution in [0, 0.1) is 0 Å². The van der Waals surface area contributed by atoms with E-state index in [4.69, 9.17) is 0 Å². The van der Waals surface area contributed by atoms with E-state index in [9.17, 15) is 9.59 Å². The van der Waals surface area contributed by atoms with Crippen LogP contribution in [0.3, 0.4) is 0 Å². The van der Waals surface area contributed by atoms with E-state index in [-0.39, 0.29) is 30.6 Å². The van der Waals surface area contributed by atoms with Crippen molar-refractivity contribution in [3.8, 4) is 0 Å². The van der Waals surface area contributed by atoms with Gasteiger partial charge in [0.15, 0.2) is 0 Å². The van der Waals surface area contributed by atoms with Crippen LogP contribution in [0.1, 0.15) is 43.5 Å².